The highest BCUT2D eigenvalue weighted by Gasteiger charge is 2.23. The average molecular weight is 256 g/mol. The summed E-state index contributed by atoms with van der Waals surface area (Å²) in [6, 6.07) is 0. The molecule has 0 fully saturated rings. The molecule has 0 aromatic carbocycles. The van der Waals surface area contributed by atoms with E-state index in [1.807, 2.05) is 14.1 Å². The van der Waals surface area contributed by atoms with Crippen molar-refractivity contribution in [2.24, 2.45) is 0 Å². The third-order valence-corrected chi connectivity index (χ3v) is 2.36. The van der Waals surface area contributed by atoms with Gasteiger partial charge in [0.1, 0.15) is 0 Å². The molecule has 0 spiro atoms. The highest BCUT2D eigenvalue weighted by atomic mass is 16.3. The second-order valence-electron chi connectivity index (χ2n) is 4.43. The Hall–Kier alpha value is -1.67. The van der Waals surface area contributed by atoms with Crippen molar-refractivity contribution in [1.82, 2.24) is 15.0 Å². The molecule has 8 heteroatoms. The Kier molecular flexibility index (Phi) is 4.62. The van der Waals surface area contributed by atoms with Crippen molar-refractivity contribution in [3.63, 3.8) is 0 Å². The van der Waals surface area contributed by atoms with Crippen LogP contribution in [0.1, 0.15) is 6.92 Å². The summed E-state index contributed by atoms with van der Waals surface area (Å²) in [5.74, 6) is 1.19. The van der Waals surface area contributed by atoms with Gasteiger partial charge in [0.15, 0.2) is 0 Å². The van der Waals surface area contributed by atoms with Crippen LogP contribution in [0.4, 0.5) is 17.8 Å². The van der Waals surface area contributed by atoms with E-state index < -0.39 is 5.54 Å². The SMILES string of the molecule is CNc1nc(NC(C)(CO)CO)nc(N(C)C)n1. The van der Waals surface area contributed by atoms with E-state index in [1.165, 1.54) is 0 Å². The second kappa shape index (κ2) is 5.78. The average Bonchev–Trinajstić information content (AvgIpc) is 2.38. The van der Waals surface area contributed by atoms with Crippen LogP contribution in [0.2, 0.25) is 0 Å². The summed E-state index contributed by atoms with van der Waals surface area (Å²) in [5, 5.41) is 24.2. The Balaban J connectivity index is 3.04. The molecule has 0 radical (unpaired) electrons. The Morgan fingerprint density at radius 1 is 1.11 bits per heavy atom. The minimum Gasteiger partial charge on any atom is -0.394 e. The minimum absolute atomic E-state index is 0.235. The molecule has 0 aliphatic heterocycles. The van der Waals surface area contributed by atoms with Crippen molar-refractivity contribution in [2.45, 2.75) is 12.5 Å². The second-order valence-corrected chi connectivity index (χ2v) is 4.43. The summed E-state index contributed by atoms with van der Waals surface area (Å²) in [6.45, 7) is 1.20. The summed E-state index contributed by atoms with van der Waals surface area (Å²) < 4.78 is 0. The van der Waals surface area contributed by atoms with E-state index in [4.69, 9.17) is 0 Å². The lowest BCUT2D eigenvalue weighted by atomic mass is 10.1. The maximum absolute atomic E-state index is 9.23. The number of hydrogen-bond donors (Lipinski definition) is 4. The summed E-state index contributed by atoms with van der Waals surface area (Å²) in [4.78, 5) is 14.2. The Bertz CT molecular complexity index is 394. The minimum atomic E-state index is -0.879. The van der Waals surface area contributed by atoms with Crippen LogP contribution in [0, 0.1) is 0 Å². The lowest BCUT2D eigenvalue weighted by molar-refractivity contribution is 0.147. The van der Waals surface area contributed by atoms with Gasteiger partial charge in [-0.25, -0.2) is 0 Å². The van der Waals surface area contributed by atoms with Crippen molar-refractivity contribution in [2.75, 3.05) is 49.9 Å². The lowest BCUT2D eigenvalue weighted by Gasteiger charge is -2.26. The molecule has 0 saturated heterocycles. The van der Waals surface area contributed by atoms with Crippen LogP contribution >= 0.6 is 0 Å². The van der Waals surface area contributed by atoms with Gasteiger partial charge in [-0.2, -0.15) is 15.0 Å². The van der Waals surface area contributed by atoms with Gasteiger partial charge in [0.2, 0.25) is 17.8 Å². The zero-order chi connectivity index (χ0) is 13.8. The molecule has 0 amide bonds. The zero-order valence-electron chi connectivity index (χ0n) is 11.1. The van der Waals surface area contributed by atoms with E-state index in [9.17, 15) is 10.2 Å². The van der Waals surface area contributed by atoms with Crippen LogP contribution in [0.25, 0.3) is 0 Å². The highest BCUT2D eigenvalue weighted by Crippen LogP contribution is 2.15. The molecule has 102 valence electrons. The summed E-state index contributed by atoms with van der Waals surface area (Å²) >= 11 is 0. The molecule has 0 aliphatic carbocycles. The predicted molar refractivity (Wildman–Crippen MR) is 69.9 cm³/mol. The van der Waals surface area contributed by atoms with Gasteiger partial charge in [-0.1, -0.05) is 0 Å². The van der Waals surface area contributed by atoms with Gasteiger partial charge >= 0.3 is 0 Å². The van der Waals surface area contributed by atoms with Gasteiger partial charge in [-0.15, -0.1) is 0 Å². The van der Waals surface area contributed by atoms with Crippen LogP contribution in [-0.2, 0) is 0 Å². The lowest BCUT2D eigenvalue weighted by Crippen LogP contribution is -2.43. The van der Waals surface area contributed by atoms with Gasteiger partial charge < -0.3 is 25.7 Å². The predicted octanol–water partition coefficient (Wildman–Crippen LogP) is -0.866. The maximum Gasteiger partial charge on any atom is 0.231 e. The third kappa shape index (κ3) is 3.41. The first-order valence-electron chi connectivity index (χ1n) is 5.55. The molecule has 4 N–H and O–H groups in total. The summed E-state index contributed by atoms with van der Waals surface area (Å²) in [7, 11) is 5.33. The van der Waals surface area contributed by atoms with E-state index in [-0.39, 0.29) is 13.2 Å². The first kappa shape index (κ1) is 14.4. The van der Waals surface area contributed by atoms with Crippen LogP contribution in [0.5, 0.6) is 0 Å². The standard InChI is InChI=1S/C10H20N6O2/c1-10(5-17,6-18)15-8-12-7(11-2)13-9(14-8)16(3)4/h17-18H,5-6H2,1-4H3,(H2,11,12,13,14,15). The molecule has 0 saturated carbocycles. The van der Waals surface area contributed by atoms with Crippen LogP contribution in [0.15, 0.2) is 0 Å². The fraction of sp³-hybridized carbons (Fsp3) is 0.700. The number of rotatable bonds is 6. The van der Waals surface area contributed by atoms with Crippen LogP contribution < -0.4 is 15.5 Å². The van der Waals surface area contributed by atoms with E-state index in [0.29, 0.717) is 17.8 Å². The van der Waals surface area contributed by atoms with Crippen molar-refractivity contribution in [1.29, 1.82) is 0 Å². The fourth-order valence-electron chi connectivity index (χ4n) is 1.13. The van der Waals surface area contributed by atoms with Crippen molar-refractivity contribution >= 4 is 17.8 Å². The topological polar surface area (TPSA) is 106 Å². The molecule has 1 aromatic heterocycles. The number of aromatic nitrogens is 3. The number of nitrogens with one attached hydrogen (secondary N) is 2. The van der Waals surface area contributed by atoms with Crippen LogP contribution in [0.3, 0.4) is 0 Å². The molecule has 0 atom stereocenters. The van der Waals surface area contributed by atoms with Crippen molar-refractivity contribution < 1.29 is 10.2 Å². The molecule has 0 bridgehead atoms. The largest absolute Gasteiger partial charge is 0.394 e. The molecule has 1 heterocycles. The number of nitrogens with zero attached hydrogens (tertiary/aromatic N) is 4. The summed E-state index contributed by atoms with van der Waals surface area (Å²) in [5.41, 5.74) is -0.879. The first-order valence-corrected chi connectivity index (χ1v) is 5.55. The van der Waals surface area contributed by atoms with Crippen molar-refractivity contribution in [3.05, 3.63) is 0 Å². The number of hydrogen-bond acceptors (Lipinski definition) is 8. The first-order chi connectivity index (χ1) is 8.44. The molecular formula is C10H20N6O2. The molecule has 0 unspecified atom stereocenters. The molecule has 18 heavy (non-hydrogen) atoms. The molecule has 1 rings (SSSR count). The van der Waals surface area contributed by atoms with Gasteiger partial charge in [0.05, 0.1) is 18.8 Å². The van der Waals surface area contributed by atoms with Gasteiger partial charge in [-0.3, -0.25) is 0 Å². The molecule has 0 aliphatic rings. The Labute approximate surface area is 106 Å². The van der Waals surface area contributed by atoms with Gasteiger partial charge in [0, 0.05) is 21.1 Å². The maximum atomic E-state index is 9.23. The number of aliphatic hydroxyl groups excluding tert-OH is 2. The monoisotopic (exact) mass is 256 g/mol. The van der Waals surface area contributed by atoms with E-state index in [2.05, 4.69) is 25.6 Å². The zero-order valence-corrected chi connectivity index (χ0v) is 11.1. The van der Waals surface area contributed by atoms with Crippen LogP contribution in [-0.4, -0.2) is 65.1 Å². The van der Waals surface area contributed by atoms with E-state index >= 15 is 0 Å². The van der Waals surface area contributed by atoms with Crippen molar-refractivity contribution in [3.8, 4) is 0 Å². The van der Waals surface area contributed by atoms with Gasteiger partial charge in [-0.05, 0) is 6.92 Å². The highest BCUT2D eigenvalue weighted by molar-refractivity contribution is 5.43. The van der Waals surface area contributed by atoms with E-state index in [0.717, 1.165) is 0 Å². The third-order valence-electron chi connectivity index (χ3n) is 2.36. The van der Waals surface area contributed by atoms with E-state index in [1.54, 1.807) is 18.9 Å². The number of anilines is 3. The quantitative estimate of drug-likeness (QED) is 0.520. The Morgan fingerprint density at radius 2 is 1.67 bits per heavy atom. The van der Waals surface area contributed by atoms with Gasteiger partial charge in [0.25, 0.3) is 0 Å². The normalized spacial score (nSPS) is 11.2. The molecular weight excluding hydrogens is 236 g/mol. The molecule has 1 aromatic rings. The summed E-state index contributed by atoms with van der Waals surface area (Å²) in [6.07, 6.45) is 0. The molecule has 8 nitrogen and oxygen atoms in total. The Morgan fingerprint density at radius 3 is 2.11 bits per heavy atom. The number of aliphatic hydroxyl groups is 2. The fourth-order valence-corrected chi connectivity index (χ4v) is 1.13. The smallest absolute Gasteiger partial charge is 0.231 e.